The monoisotopic (exact) mass is 230 g/mol. The average molecular weight is 230 g/mol. The molecule has 0 aromatic carbocycles. The maximum Gasteiger partial charge on any atom is 0.337 e. The molecule has 0 fully saturated rings. The fourth-order valence-corrected chi connectivity index (χ4v) is 1.92. The first-order chi connectivity index (χ1) is 8.00. The van der Waals surface area contributed by atoms with Crippen molar-refractivity contribution in [2.24, 2.45) is 0 Å². The van der Waals surface area contributed by atoms with Gasteiger partial charge in [-0.05, 0) is 38.5 Å². The van der Waals surface area contributed by atoms with Gasteiger partial charge in [0, 0.05) is 17.6 Å². The molecule has 0 unspecified atom stereocenters. The van der Waals surface area contributed by atoms with Gasteiger partial charge in [-0.15, -0.1) is 0 Å². The van der Waals surface area contributed by atoms with Gasteiger partial charge in [0.1, 0.15) is 5.82 Å². The van der Waals surface area contributed by atoms with Gasteiger partial charge in [0.05, 0.1) is 5.56 Å². The van der Waals surface area contributed by atoms with Gasteiger partial charge >= 0.3 is 5.97 Å². The number of aryl methyl sites for hydroxylation is 2. The summed E-state index contributed by atoms with van der Waals surface area (Å²) in [4.78, 5) is 15.4. The second kappa shape index (κ2) is 4.05. The lowest BCUT2D eigenvalue weighted by Crippen LogP contribution is -2.04. The van der Waals surface area contributed by atoms with Gasteiger partial charge in [-0.25, -0.2) is 9.78 Å². The molecule has 1 N–H and O–H groups in total. The Bertz CT molecular complexity index is 568. The van der Waals surface area contributed by atoms with E-state index in [4.69, 9.17) is 5.11 Å². The Hall–Kier alpha value is -2.10. The number of carboxylic acids is 1. The van der Waals surface area contributed by atoms with Crippen LogP contribution in [0.1, 0.15) is 27.3 Å². The molecule has 0 bridgehead atoms. The lowest BCUT2D eigenvalue weighted by molar-refractivity contribution is 0.0696. The van der Waals surface area contributed by atoms with Gasteiger partial charge in [-0.1, -0.05) is 6.07 Å². The third-order valence-corrected chi connectivity index (χ3v) is 2.79. The minimum Gasteiger partial charge on any atom is -0.478 e. The first kappa shape index (κ1) is 11.4. The first-order valence-corrected chi connectivity index (χ1v) is 5.36. The van der Waals surface area contributed by atoms with Crippen LogP contribution >= 0.6 is 0 Å². The third-order valence-electron chi connectivity index (χ3n) is 2.79. The lowest BCUT2D eigenvalue weighted by Gasteiger charge is -2.08. The molecule has 0 spiro atoms. The van der Waals surface area contributed by atoms with Gasteiger partial charge in [0.2, 0.25) is 0 Å². The molecule has 17 heavy (non-hydrogen) atoms. The van der Waals surface area contributed by atoms with Crippen molar-refractivity contribution in [3.8, 4) is 5.82 Å². The van der Waals surface area contributed by atoms with Crippen molar-refractivity contribution in [1.29, 1.82) is 0 Å². The zero-order valence-electron chi connectivity index (χ0n) is 10.1. The van der Waals surface area contributed by atoms with Crippen LogP contribution in [0.3, 0.4) is 0 Å². The van der Waals surface area contributed by atoms with Gasteiger partial charge in [0.15, 0.2) is 0 Å². The molecule has 0 radical (unpaired) electrons. The van der Waals surface area contributed by atoms with Gasteiger partial charge < -0.3 is 9.67 Å². The number of hydrogen-bond acceptors (Lipinski definition) is 2. The van der Waals surface area contributed by atoms with E-state index >= 15 is 0 Å². The Balaban J connectivity index is 2.59. The van der Waals surface area contributed by atoms with Gasteiger partial charge in [-0.2, -0.15) is 0 Å². The molecule has 0 atom stereocenters. The van der Waals surface area contributed by atoms with Crippen LogP contribution in [0.2, 0.25) is 0 Å². The molecule has 0 amide bonds. The fourth-order valence-electron chi connectivity index (χ4n) is 1.92. The second-order valence-corrected chi connectivity index (χ2v) is 4.12. The van der Waals surface area contributed by atoms with Crippen LogP contribution in [0.25, 0.3) is 5.82 Å². The molecule has 0 aliphatic rings. The van der Waals surface area contributed by atoms with E-state index in [1.54, 1.807) is 19.2 Å². The van der Waals surface area contributed by atoms with Crippen LogP contribution in [-0.4, -0.2) is 20.6 Å². The van der Waals surface area contributed by atoms with Crippen LogP contribution in [0, 0.1) is 20.8 Å². The molecule has 0 saturated carbocycles. The van der Waals surface area contributed by atoms with E-state index in [1.807, 2.05) is 30.5 Å². The summed E-state index contributed by atoms with van der Waals surface area (Å²) in [5, 5.41) is 9.06. The average Bonchev–Trinajstić information content (AvgIpc) is 2.56. The molecule has 0 saturated heterocycles. The van der Waals surface area contributed by atoms with E-state index in [-0.39, 0.29) is 0 Å². The molecule has 0 aliphatic carbocycles. The van der Waals surface area contributed by atoms with Crippen molar-refractivity contribution in [1.82, 2.24) is 9.55 Å². The highest BCUT2D eigenvalue weighted by molar-refractivity contribution is 5.89. The Morgan fingerprint density at radius 2 is 2.00 bits per heavy atom. The van der Waals surface area contributed by atoms with Crippen molar-refractivity contribution < 1.29 is 9.90 Å². The standard InChI is InChI=1S/C13H14N2O2/c1-8-4-5-12(14-7-8)15-9(2)6-11(10(15)3)13(16)17/h4-7H,1-3H3,(H,16,17). The fraction of sp³-hybridized carbons (Fsp3) is 0.231. The smallest absolute Gasteiger partial charge is 0.337 e. The Morgan fingerprint density at radius 1 is 1.29 bits per heavy atom. The van der Waals surface area contributed by atoms with Crippen LogP contribution in [-0.2, 0) is 0 Å². The summed E-state index contributed by atoms with van der Waals surface area (Å²) in [5.74, 6) is -0.158. The van der Waals surface area contributed by atoms with E-state index in [0.717, 1.165) is 17.1 Å². The summed E-state index contributed by atoms with van der Waals surface area (Å²) in [6, 6.07) is 5.52. The number of aromatic carboxylic acids is 1. The number of rotatable bonds is 2. The maximum absolute atomic E-state index is 11.0. The number of carboxylic acid groups (broad SMARTS) is 1. The highest BCUT2D eigenvalue weighted by atomic mass is 16.4. The van der Waals surface area contributed by atoms with Crippen molar-refractivity contribution in [3.05, 3.63) is 46.9 Å². The number of nitrogens with zero attached hydrogens (tertiary/aromatic N) is 2. The molecule has 2 rings (SSSR count). The highest BCUT2D eigenvalue weighted by Gasteiger charge is 2.15. The minimum atomic E-state index is -0.906. The second-order valence-electron chi connectivity index (χ2n) is 4.12. The topological polar surface area (TPSA) is 55.1 Å². The van der Waals surface area contributed by atoms with Crippen molar-refractivity contribution in [3.63, 3.8) is 0 Å². The van der Waals surface area contributed by atoms with Gasteiger partial charge in [-0.3, -0.25) is 0 Å². The van der Waals surface area contributed by atoms with Crippen LogP contribution in [0.4, 0.5) is 0 Å². The molecule has 4 nitrogen and oxygen atoms in total. The molecule has 4 heteroatoms. The summed E-state index contributed by atoms with van der Waals surface area (Å²) in [6.07, 6.45) is 1.77. The molecular formula is C13H14N2O2. The number of aromatic nitrogens is 2. The van der Waals surface area contributed by atoms with E-state index < -0.39 is 5.97 Å². The molecule has 2 aromatic rings. The summed E-state index contributed by atoms with van der Waals surface area (Å²) in [6.45, 7) is 5.63. The molecule has 88 valence electrons. The minimum absolute atomic E-state index is 0.324. The van der Waals surface area contributed by atoms with E-state index in [9.17, 15) is 4.79 Å². The Kier molecular flexibility index (Phi) is 2.71. The predicted molar refractivity (Wildman–Crippen MR) is 64.7 cm³/mol. The van der Waals surface area contributed by atoms with Crippen LogP contribution in [0.15, 0.2) is 24.4 Å². The Labute approximate surface area is 99.5 Å². The molecule has 2 aromatic heterocycles. The van der Waals surface area contributed by atoms with Gasteiger partial charge in [0.25, 0.3) is 0 Å². The van der Waals surface area contributed by atoms with Crippen molar-refractivity contribution in [2.45, 2.75) is 20.8 Å². The lowest BCUT2D eigenvalue weighted by atomic mass is 10.2. The third kappa shape index (κ3) is 1.93. The molecular weight excluding hydrogens is 216 g/mol. The zero-order valence-corrected chi connectivity index (χ0v) is 10.1. The normalized spacial score (nSPS) is 10.5. The van der Waals surface area contributed by atoms with E-state index in [1.165, 1.54) is 0 Å². The van der Waals surface area contributed by atoms with Crippen molar-refractivity contribution in [2.75, 3.05) is 0 Å². The maximum atomic E-state index is 11.0. The largest absolute Gasteiger partial charge is 0.478 e. The van der Waals surface area contributed by atoms with Crippen LogP contribution in [0.5, 0.6) is 0 Å². The predicted octanol–water partition coefficient (Wildman–Crippen LogP) is 2.50. The number of pyridine rings is 1. The summed E-state index contributed by atoms with van der Waals surface area (Å²) < 4.78 is 1.85. The number of hydrogen-bond donors (Lipinski definition) is 1. The molecule has 0 aliphatic heterocycles. The quantitative estimate of drug-likeness (QED) is 0.862. The van der Waals surface area contributed by atoms with E-state index in [0.29, 0.717) is 11.3 Å². The first-order valence-electron chi connectivity index (χ1n) is 5.36. The van der Waals surface area contributed by atoms with E-state index in [2.05, 4.69) is 4.98 Å². The van der Waals surface area contributed by atoms with Crippen LogP contribution < -0.4 is 0 Å². The molecule has 2 heterocycles. The van der Waals surface area contributed by atoms with Crippen molar-refractivity contribution >= 4 is 5.97 Å². The summed E-state index contributed by atoms with van der Waals surface area (Å²) >= 11 is 0. The SMILES string of the molecule is Cc1ccc(-n2c(C)cc(C(=O)O)c2C)nc1. The zero-order chi connectivity index (χ0) is 12.6. The number of carbonyl (C=O) groups is 1. The highest BCUT2D eigenvalue weighted by Crippen LogP contribution is 2.19. The Morgan fingerprint density at radius 3 is 2.47 bits per heavy atom. The summed E-state index contributed by atoms with van der Waals surface area (Å²) in [5.41, 5.74) is 2.97. The summed E-state index contributed by atoms with van der Waals surface area (Å²) in [7, 11) is 0.